The van der Waals surface area contributed by atoms with Crippen LogP contribution in [0.1, 0.15) is 27.4 Å². The fourth-order valence-electron chi connectivity index (χ4n) is 2.13. The van der Waals surface area contributed by atoms with Crippen molar-refractivity contribution in [3.05, 3.63) is 50.9 Å². The number of ether oxygens (including phenoxy) is 1. The van der Waals surface area contributed by atoms with Crippen molar-refractivity contribution in [3.63, 3.8) is 0 Å². The molecule has 2 aromatic rings. The van der Waals surface area contributed by atoms with Gasteiger partial charge in [0.15, 0.2) is 6.61 Å². The quantitative estimate of drug-likeness (QED) is 0.519. The monoisotopic (exact) mass is 450 g/mol. The lowest BCUT2D eigenvalue weighted by molar-refractivity contribution is -0.123. The number of aliphatic hydroxyl groups excluding tert-OH is 1. The van der Waals surface area contributed by atoms with E-state index in [4.69, 9.17) is 16.3 Å². The molecule has 2 rings (SSSR count). The van der Waals surface area contributed by atoms with E-state index in [1.54, 1.807) is 0 Å². The van der Waals surface area contributed by atoms with Gasteiger partial charge in [-0.3, -0.25) is 9.59 Å². The van der Waals surface area contributed by atoms with Gasteiger partial charge in [0, 0.05) is 19.2 Å². The van der Waals surface area contributed by atoms with Crippen LogP contribution in [-0.2, 0) is 4.79 Å². The molecular weight excluding hydrogens is 433 g/mol. The maximum atomic E-state index is 13.3. The van der Waals surface area contributed by atoms with Gasteiger partial charge in [-0.2, -0.15) is 0 Å². The second-order valence-corrected chi connectivity index (χ2v) is 7.39. The number of benzene rings is 1. The highest BCUT2D eigenvalue weighted by atomic mass is 35.5. The summed E-state index contributed by atoms with van der Waals surface area (Å²) in [5.41, 5.74) is 0. The van der Waals surface area contributed by atoms with Gasteiger partial charge in [0.05, 0.1) is 20.9 Å². The van der Waals surface area contributed by atoms with Crippen molar-refractivity contribution < 1.29 is 32.6 Å². The van der Waals surface area contributed by atoms with Crippen LogP contribution in [0.5, 0.6) is 5.75 Å². The normalized spacial score (nSPS) is 11.9. The molecule has 6 nitrogen and oxygen atoms in total. The van der Waals surface area contributed by atoms with Crippen molar-refractivity contribution in [2.24, 2.45) is 0 Å². The Kier molecular flexibility index (Phi) is 8.74. The van der Waals surface area contributed by atoms with Gasteiger partial charge in [0.1, 0.15) is 11.6 Å². The number of nitrogens with one attached hydrogen (secondary N) is 2. The molecule has 29 heavy (non-hydrogen) atoms. The van der Waals surface area contributed by atoms with E-state index in [9.17, 15) is 27.9 Å². The van der Waals surface area contributed by atoms with Crippen molar-refractivity contribution in [1.82, 2.24) is 10.6 Å². The number of halogens is 4. The summed E-state index contributed by atoms with van der Waals surface area (Å²) in [7, 11) is 0. The number of carbonyl (C=O) groups is 2. The van der Waals surface area contributed by atoms with Gasteiger partial charge >= 0.3 is 0 Å². The highest BCUT2D eigenvalue weighted by Gasteiger charge is 2.15. The third-order valence-corrected chi connectivity index (χ3v) is 5.02. The van der Waals surface area contributed by atoms with Gasteiger partial charge in [0.2, 0.25) is 0 Å². The van der Waals surface area contributed by atoms with Crippen LogP contribution in [0, 0.1) is 5.82 Å². The van der Waals surface area contributed by atoms with E-state index in [-0.39, 0.29) is 46.6 Å². The number of alkyl halides is 2. The fourth-order valence-corrected chi connectivity index (χ4v) is 3.03. The lowest BCUT2D eigenvalue weighted by atomic mass is 10.2. The minimum atomic E-state index is -2.63. The number of amides is 2. The fraction of sp³-hybridized carbons (Fsp3) is 0.333. The Hall–Kier alpha value is -2.30. The molecule has 0 fully saturated rings. The Labute approximate surface area is 173 Å². The number of hydrogen-bond donors (Lipinski definition) is 3. The smallest absolute Gasteiger partial charge is 0.272 e. The maximum absolute atomic E-state index is 13.3. The second kappa shape index (κ2) is 11.0. The summed E-state index contributed by atoms with van der Waals surface area (Å²) in [6.07, 6.45) is -3.43. The molecule has 1 heterocycles. The molecule has 0 aliphatic carbocycles. The molecule has 0 saturated heterocycles. The first-order chi connectivity index (χ1) is 13.8. The molecule has 158 valence electrons. The minimum Gasteiger partial charge on any atom is -0.484 e. The number of thiophene rings is 1. The van der Waals surface area contributed by atoms with E-state index in [2.05, 4.69) is 10.6 Å². The van der Waals surface area contributed by atoms with E-state index in [0.29, 0.717) is 11.3 Å². The third-order valence-electron chi connectivity index (χ3n) is 3.62. The highest BCUT2D eigenvalue weighted by Crippen LogP contribution is 2.26. The Morgan fingerprint density at radius 3 is 2.62 bits per heavy atom. The number of aliphatic hydroxyl groups is 1. The summed E-state index contributed by atoms with van der Waals surface area (Å²) in [6.45, 7) is -0.366. The van der Waals surface area contributed by atoms with Crippen molar-refractivity contribution in [1.29, 1.82) is 0 Å². The average Bonchev–Trinajstić information content (AvgIpc) is 3.18. The van der Waals surface area contributed by atoms with E-state index in [0.717, 1.165) is 6.07 Å². The third kappa shape index (κ3) is 7.56. The standard InChI is InChI=1S/C18H18ClF3N2O4S/c19-12-2-1-11(7-13(12)20)28-9-16(26)24-8-10(25)5-6-23-18(27)15-4-3-14(29-15)17(21)22/h1-4,7,10,17,25H,5-6,8-9H2,(H,23,27)(H,24,26). The highest BCUT2D eigenvalue weighted by molar-refractivity contribution is 7.14. The zero-order chi connectivity index (χ0) is 21.4. The molecule has 0 aliphatic rings. The van der Waals surface area contributed by atoms with Gasteiger partial charge in [-0.25, -0.2) is 13.2 Å². The van der Waals surface area contributed by atoms with Crippen LogP contribution in [0.4, 0.5) is 13.2 Å². The first-order valence-electron chi connectivity index (χ1n) is 8.45. The van der Waals surface area contributed by atoms with Crippen LogP contribution < -0.4 is 15.4 Å². The van der Waals surface area contributed by atoms with Gasteiger partial charge < -0.3 is 20.5 Å². The molecule has 2 amide bonds. The van der Waals surface area contributed by atoms with Crippen LogP contribution >= 0.6 is 22.9 Å². The lowest BCUT2D eigenvalue weighted by Crippen LogP contribution is -2.37. The van der Waals surface area contributed by atoms with E-state index in [1.165, 1.54) is 24.3 Å². The van der Waals surface area contributed by atoms with Crippen molar-refractivity contribution in [2.45, 2.75) is 19.0 Å². The minimum absolute atomic E-state index is 0.0643. The van der Waals surface area contributed by atoms with Crippen LogP contribution in [0.15, 0.2) is 30.3 Å². The van der Waals surface area contributed by atoms with Crippen molar-refractivity contribution in [3.8, 4) is 5.75 Å². The molecule has 1 unspecified atom stereocenters. The van der Waals surface area contributed by atoms with Crippen LogP contribution in [0.2, 0.25) is 5.02 Å². The SMILES string of the molecule is O=C(COc1ccc(Cl)c(F)c1)NCC(O)CCNC(=O)c1ccc(C(F)F)s1. The molecule has 0 radical (unpaired) electrons. The Morgan fingerprint density at radius 1 is 1.21 bits per heavy atom. The van der Waals surface area contributed by atoms with Crippen LogP contribution in [-0.4, -0.2) is 42.7 Å². The Balaban J connectivity index is 1.63. The molecule has 1 aromatic carbocycles. The Morgan fingerprint density at radius 2 is 1.97 bits per heavy atom. The summed E-state index contributed by atoms with van der Waals surface area (Å²) in [6, 6.07) is 6.26. The summed E-state index contributed by atoms with van der Waals surface area (Å²) < 4.78 is 43.4. The van der Waals surface area contributed by atoms with Gasteiger partial charge in [-0.15, -0.1) is 11.3 Å². The topological polar surface area (TPSA) is 87.7 Å². The largest absolute Gasteiger partial charge is 0.484 e. The molecule has 1 atom stereocenters. The predicted molar refractivity (Wildman–Crippen MR) is 102 cm³/mol. The molecule has 0 aliphatic heterocycles. The van der Waals surface area contributed by atoms with Crippen LogP contribution in [0.3, 0.4) is 0 Å². The molecule has 0 saturated carbocycles. The van der Waals surface area contributed by atoms with E-state index < -0.39 is 30.2 Å². The second-order valence-electron chi connectivity index (χ2n) is 5.87. The molecule has 11 heteroatoms. The van der Waals surface area contributed by atoms with Gasteiger partial charge in [-0.05, 0) is 30.7 Å². The first kappa shape index (κ1) is 23.0. The summed E-state index contributed by atoms with van der Waals surface area (Å²) in [4.78, 5) is 23.5. The summed E-state index contributed by atoms with van der Waals surface area (Å²) in [5.74, 6) is -1.58. The average molecular weight is 451 g/mol. The van der Waals surface area contributed by atoms with Crippen molar-refractivity contribution >= 4 is 34.8 Å². The molecule has 0 spiro atoms. The van der Waals surface area contributed by atoms with Crippen LogP contribution in [0.25, 0.3) is 0 Å². The molecular formula is C18H18ClF3N2O4S. The van der Waals surface area contributed by atoms with E-state index in [1.807, 2.05) is 0 Å². The number of hydrogen-bond acceptors (Lipinski definition) is 5. The lowest BCUT2D eigenvalue weighted by Gasteiger charge is -2.13. The van der Waals surface area contributed by atoms with Gasteiger partial charge in [0.25, 0.3) is 18.2 Å². The zero-order valence-electron chi connectivity index (χ0n) is 15.0. The maximum Gasteiger partial charge on any atom is 0.272 e. The van der Waals surface area contributed by atoms with Crippen molar-refractivity contribution in [2.75, 3.05) is 19.7 Å². The van der Waals surface area contributed by atoms with Gasteiger partial charge in [-0.1, -0.05) is 11.6 Å². The summed E-state index contributed by atoms with van der Waals surface area (Å²) in [5, 5.41) is 14.7. The summed E-state index contributed by atoms with van der Waals surface area (Å²) >= 11 is 6.25. The molecule has 0 bridgehead atoms. The first-order valence-corrected chi connectivity index (χ1v) is 9.64. The zero-order valence-corrected chi connectivity index (χ0v) is 16.5. The number of rotatable bonds is 10. The molecule has 1 aromatic heterocycles. The Bertz CT molecular complexity index is 850. The van der Waals surface area contributed by atoms with E-state index >= 15 is 0 Å². The predicted octanol–water partition coefficient (Wildman–Crippen LogP) is 3.15. The number of carbonyl (C=O) groups excluding carboxylic acids is 2. The molecule has 3 N–H and O–H groups in total.